The molecule has 25 heavy (non-hydrogen) atoms. The lowest BCUT2D eigenvalue weighted by molar-refractivity contribution is -0.385. The minimum Gasteiger partial charge on any atom is -0.507 e. The Hall–Kier alpha value is -2.21. The van der Waals surface area contributed by atoms with E-state index in [-0.39, 0.29) is 17.2 Å². The maximum absolute atomic E-state index is 11.7. The first-order chi connectivity index (χ1) is 11.9. The van der Waals surface area contributed by atoms with E-state index in [1.54, 1.807) is 18.2 Å². The van der Waals surface area contributed by atoms with Crippen LogP contribution in [-0.2, 0) is 4.79 Å². The molecular weight excluding hydrogens is 509 g/mol. The Kier molecular flexibility index (Phi) is 6.70. The van der Waals surface area contributed by atoms with Gasteiger partial charge in [0.2, 0.25) is 0 Å². The minimum atomic E-state index is -0.601. The molecule has 2 rings (SSSR count). The van der Waals surface area contributed by atoms with Gasteiger partial charge in [-0.05, 0) is 52.9 Å². The lowest BCUT2D eigenvalue weighted by Gasteiger charge is -2.06. The van der Waals surface area contributed by atoms with Crippen molar-refractivity contribution in [1.29, 1.82) is 0 Å². The van der Waals surface area contributed by atoms with Gasteiger partial charge in [-0.2, -0.15) is 5.10 Å². The van der Waals surface area contributed by atoms with Gasteiger partial charge in [0.1, 0.15) is 5.75 Å². The van der Waals surface area contributed by atoms with Crippen LogP contribution in [0.1, 0.15) is 5.56 Å². The highest BCUT2D eigenvalue weighted by Crippen LogP contribution is 2.29. The molecule has 2 aromatic rings. The summed E-state index contributed by atoms with van der Waals surface area (Å²) in [5.74, 6) is -0.596. The number of amides is 1. The second-order valence-electron chi connectivity index (χ2n) is 4.65. The van der Waals surface area contributed by atoms with Crippen LogP contribution in [0, 0.1) is 13.7 Å². The summed E-state index contributed by atoms with van der Waals surface area (Å²) in [7, 11) is 0. The van der Waals surface area contributed by atoms with Gasteiger partial charge in [0.05, 0.1) is 11.1 Å². The van der Waals surface area contributed by atoms with Crippen molar-refractivity contribution < 1.29 is 19.6 Å². The molecule has 0 aliphatic heterocycles. The number of benzene rings is 2. The zero-order valence-electron chi connectivity index (χ0n) is 12.5. The topological polar surface area (TPSA) is 114 Å². The van der Waals surface area contributed by atoms with Crippen molar-refractivity contribution in [3.05, 3.63) is 60.1 Å². The van der Waals surface area contributed by atoms with Crippen molar-refractivity contribution in [3.8, 4) is 11.5 Å². The molecule has 2 N–H and O–H groups in total. The van der Waals surface area contributed by atoms with E-state index in [2.05, 4.69) is 49.0 Å². The van der Waals surface area contributed by atoms with E-state index in [1.807, 2.05) is 0 Å². The van der Waals surface area contributed by atoms with Crippen LogP contribution in [-0.4, -0.2) is 28.8 Å². The van der Waals surface area contributed by atoms with Gasteiger partial charge in [-0.1, -0.05) is 15.9 Å². The van der Waals surface area contributed by atoms with E-state index in [0.29, 0.717) is 10.0 Å². The van der Waals surface area contributed by atoms with E-state index in [9.17, 15) is 20.0 Å². The molecule has 10 heteroatoms. The maximum Gasteiger partial charge on any atom is 0.312 e. The van der Waals surface area contributed by atoms with Crippen molar-refractivity contribution in [2.45, 2.75) is 0 Å². The first-order valence-electron chi connectivity index (χ1n) is 6.74. The Balaban J connectivity index is 1.94. The summed E-state index contributed by atoms with van der Waals surface area (Å²) in [6, 6.07) is 9.17. The molecule has 0 fully saturated rings. The third kappa shape index (κ3) is 5.67. The monoisotopic (exact) mass is 519 g/mol. The molecule has 0 spiro atoms. The molecular formula is C15H11BrIN3O5. The summed E-state index contributed by atoms with van der Waals surface area (Å²) in [6.45, 7) is -0.446. The van der Waals surface area contributed by atoms with Crippen LogP contribution in [0.4, 0.5) is 5.69 Å². The number of nitrogens with zero attached hydrogens (tertiary/aromatic N) is 2. The zero-order chi connectivity index (χ0) is 18.4. The van der Waals surface area contributed by atoms with Crippen molar-refractivity contribution in [3.63, 3.8) is 0 Å². The Morgan fingerprint density at radius 1 is 1.40 bits per heavy atom. The fraction of sp³-hybridized carbons (Fsp3) is 0.0667. The minimum absolute atomic E-state index is 0.0254. The number of hydrogen-bond donors (Lipinski definition) is 2. The predicted octanol–water partition coefficient (Wildman–Crippen LogP) is 3.20. The van der Waals surface area contributed by atoms with Crippen molar-refractivity contribution in [1.82, 2.24) is 5.43 Å². The molecule has 1 amide bonds. The van der Waals surface area contributed by atoms with Crippen LogP contribution < -0.4 is 10.2 Å². The van der Waals surface area contributed by atoms with Crippen LogP contribution in [0.15, 0.2) is 46.0 Å². The molecule has 2 aromatic carbocycles. The standard InChI is InChI=1S/C15H11BrIN3O5/c16-10-1-4-14(12(6-10)20(23)24)25-8-15(22)19-18-7-9-5-11(17)2-3-13(9)21/h1-7,21H,8H2,(H,19,22)/b18-7-. The number of rotatable bonds is 6. The number of halogens is 2. The highest BCUT2D eigenvalue weighted by molar-refractivity contribution is 14.1. The van der Waals surface area contributed by atoms with Gasteiger partial charge in [-0.15, -0.1) is 0 Å². The summed E-state index contributed by atoms with van der Waals surface area (Å²) in [4.78, 5) is 22.1. The van der Waals surface area contributed by atoms with Crippen molar-refractivity contribution in [2.24, 2.45) is 5.10 Å². The number of ether oxygens (including phenoxy) is 1. The highest BCUT2D eigenvalue weighted by atomic mass is 127. The molecule has 0 aromatic heterocycles. The summed E-state index contributed by atoms with van der Waals surface area (Å²) in [5, 5.41) is 24.3. The lowest BCUT2D eigenvalue weighted by Crippen LogP contribution is -2.24. The van der Waals surface area contributed by atoms with Gasteiger partial charge in [-0.25, -0.2) is 5.43 Å². The molecule has 0 unspecified atom stereocenters. The molecule has 0 bridgehead atoms. The van der Waals surface area contributed by atoms with Crippen LogP contribution in [0.2, 0.25) is 0 Å². The third-order valence-electron chi connectivity index (χ3n) is 2.86. The number of carbonyl (C=O) groups excluding carboxylic acids is 1. The van der Waals surface area contributed by atoms with Crippen molar-refractivity contribution in [2.75, 3.05) is 6.61 Å². The van der Waals surface area contributed by atoms with Gasteiger partial charge >= 0.3 is 5.69 Å². The number of hydrazone groups is 1. The average Bonchev–Trinajstić information content (AvgIpc) is 2.56. The first-order valence-corrected chi connectivity index (χ1v) is 8.61. The largest absolute Gasteiger partial charge is 0.507 e. The predicted molar refractivity (Wildman–Crippen MR) is 103 cm³/mol. The molecule has 0 radical (unpaired) electrons. The fourth-order valence-electron chi connectivity index (χ4n) is 1.73. The number of nitrogens with one attached hydrogen (secondary N) is 1. The Morgan fingerprint density at radius 2 is 2.16 bits per heavy atom. The first kappa shape index (κ1) is 19.1. The van der Waals surface area contributed by atoms with E-state index >= 15 is 0 Å². The second kappa shape index (κ2) is 8.76. The van der Waals surface area contributed by atoms with Gasteiger partial charge in [0.15, 0.2) is 12.4 Å². The quantitative estimate of drug-likeness (QED) is 0.263. The molecule has 0 heterocycles. The maximum atomic E-state index is 11.7. The SMILES string of the molecule is O=C(COc1ccc(Br)cc1[N+](=O)[O-])N/N=C\c1cc(I)ccc1O. The molecule has 0 aliphatic carbocycles. The number of carbonyl (C=O) groups is 1. The number of phenols is 1. The van der Waals surface area contributed by atoms with Crippen LogP contribution in [0.3, 0.4) is 0 Å². The molecule has 0 saturated carbocycles. The molecule has 0 aliphatic rings. The Morgan fingerprint density at radius 3 is 2.88 bits per heavy atom. The van der Waals surface area contributed by atoms with Gasteiger partial charge in [-0.3, -0.25) is 14.9 Å². The molecule has 130 valence electrons. The summed E-state index contributed by atoms with van der Waals surface area (Å²) in [6.07, 6.45) is 1.29. The van der Waals surface area contributed by atoms with Gasteiger partial charge < -0.3 is 9.84 Å². The summed E-state index contributed by atoms with van der Waals surface area (Å²) in [5.41, 5.74) is 2.41. The Bertz CT molecular complexity index is 844. The van der Waals surface area contributed by atoms with Crippen LogP contribution >= 0.6 is 38.5 Å². The smallest absolute Gasteiger partial charge is 0.312 e. The van der Waals surface area contributed by atoms with Gasteiger partial charge in [0, 0.05) is 19.7 Å². The fourth-order valence-corrected chi connectivity index (χ4v) is 2.60. The number of nitro benzene ring substituents is 1. The Labute approximate surface area is 164 Å². The van der Waals surface area contributed by atoms with Crippen LogP contribution in [0.25, 0.3) is 0 Å². The van der Waals surface area contributed by atoms with Crippen LogP contribution in [0.5, 0.6) is 11.5 Å². The molecule has 8 nitrogen and oxygen atoms in total. The summed E-state index contributed by atoms with van der Waals surface area (Å²) >= 11 is 5.21. The number of hydrogen-bond acceptors (Lipinski definition) is 6. The van der Waals surface area contributed by atoms with Crippen molar-refractivity contribution >= 4 is 56.3 Å². The summed E-state index contributed by atoms with van der Waals surface area (Å²) < 4.78 is 6.58. The van der Waals surface area contributed by atoms with Gasteiger partial charge in [0.25, 0.3) is 5.91 Å². The number of aromatic hydroxyl groups is 1. The van der Waals surface area contributed by atoms with E-state index in [1.165, 1.54) is 24.4 Å². The second-order valence-corrected chi connectivity index (χ2v) is 6.82. The van der Waals surface area contributed by atoms with E-state index < -0.39 is 17.4 Å². The average molecular weight is 520 g/mol. The third-order valence-corrected chi connectivity index (χ3v) is 4.02. The number of nitro groups is 1. The lowest BCUT2D eigenvalue weighted by atomic mass is 10.2. The highest BCUT2D eigenvalue weighted by Gasteiger charge is 2.16. The van der Waals surface area contributed by atoms with E-state index in [4.69, 9.17) is 4.74 Å². The molecule has 0 atom stereocenters. The zero-order valence-corrected chi connectivity index (χ0v) is 16.2. The number of phenolic OH excluding ortho intramolecular Hbond substituents is 1. The normalized spacial score (nSPS) is 10.6. The molecule has 0 saturated heterocycles. The van der Waals surface area contributed by atoms with E-state index in [0.717, 1.165) is 3.57 Å².